The highest BCUT2D eigenvalue weighted by molar-refractivity contribution is 6.33. The molecule has 0 heterocycles. The lowest BCUT2D eigenvalue weighted by Crippen LogP contribution is -2.17. The molecule has 0 saturated carbocycles. The second-order valence-electron chi connectivity index (χ2n) is 4.52. The minimum atomic E-state index is 0.407. The van der Waals surface area contributed by atoms with Gasteiger partial charge in [0.2, 0.25) is 0 Å². The SMILES string of the molecule is COc1ccc(Cl)c(NC(C)CC(C)C)c1. The van der Waals surface area contributed by atoms with E-state index in [1.165, 1.54) is 0 Å². The summed E-state index contributed by atoms with van der Waals surface area (Å²) in [5.41, 5.74) is 0.939. The van der Waals surface area contributed by atoms with Crippen LogP contribution in [0.5, 0.6) is 5.75 Å². The number of rotatable bonds is 5. The summed E-state index contributed by atoms with van der Waals surface area (Å²) >= 11 is 6.12. The van der Waals surface area contributed by atoms with E-state index >= 15 is 0 Å². The van der Waals surface area contributed by atoms with Gasteiger partial charge in [0.25, 0.3) is 0 Å². The van der Waals surface area contributed by atoms with Crippen LogP contribution in [0.15, 0.2) is 18.2 Å². The lowest BCUT2D eigenvalue weighted by molar-refractivity contribution is 0.415. The van der Waals surface area contributed by atoms with Crippen LogP contribution in [-0.2, 0) is 0 Å². The van der Waals surface area contributed by atoms with E-state index in [0.29, 0.717) is 12.0 Å². The van der Waals surface area contributed by atoms with Gasteiger partial charge in [0, 0.05) is 12.1 Å². The Bertz CT molecular complexity index is 339. The van der Waals surface area contributed by atoms with Crippen LogP contribution in [-0.4, -0.2) is 13.2 Å². The maximum Gasteiger partial charge on any atom is 0.121 e. The molecule has 0 radical (unpaired) electrons. The van der Waals surface area contributed by atoms with Crippen molar-refractivity contribution in [3.05, 3.63) is 23.2 Å². The van der Waals surface area contributed by atoms with E-state index in [4.69, 9.17) is 16.3 Å². The molecule has 90 valence electrons. The van der Waals surface area contributed by atoms with Crippen LogP contribution in [0.2, 0.25) is 5.02 Å². The fraction of sp³-hybridized carbons (Fsp3) is 0.538. The highest BCUT2D eigenvalue weighted by Crippen LogP contribution is 2.27. The van der Waals surface area contributed by atoms with Crippen LogP contribution in [0.4, 0.5) is 5.69 Å². The van der Waals surface area contributed by atoms with E-state index in [2.05, 4.69) is 26.1 Å². The molecule has 1 atom stereocenters. The fourth-order valence-corrected chi connectivity index (χ4v) is 1.95. The van der Waals surface area contributed by atoms with Gasteiger partial charge in [0.15, 0.2) is 0 Å². The molecule has 0 spiro atoms. The van der Waals surface area contributed by atoms with Crippen LogP contribution in [0.1, 0.15) is 27.2 Å². The Kier molecular flexibility index (Phi) is 4.94. The number of benzene rings is 1. The maximum atomic E-state index is 6.12. The molecule has 1 aromatic carbocycles. The number of anilines is 1. The van der Waals surface area contributed by atoms with E-state index < -0.39 is 0 Å². The molecular weight excluding hydrogens is 222 g/mol. The Labute approximate surface area is 103 Å². The summed E-state index contributed by atoms with van der Waals surface area (Å²) in [4.78, 5) is 0. The molecule has 1 N–H and O–H groups in total. The Morgan fingerprint density at radius 2 is 2.00 bits per heavy atom. The number of methoxy groups -OCH3 is 1. The number of ether oxygens (including phenoxy) is 1. The van der Waals surface area contributed by atoms with Gasteiger partial charge in [-0.1, -0.05) is 25.4 Å². The van der Waals surface area contributed by atoms with E-state index in [1.54, 1.807) is 7.11 Å². The molecule has 2 nitrogen and oxygen atoms in total. The quantitative estimate of drug-likeness (QED) is 0.835. The van der Waals surface area contributed by atoms with Gasteiger partial charge in [0.05, 0.1) is 17.8 Å². The van der Waals surface area contributed by atoms with Crippen LogP contribution in [0, 0.1) is 5.92 Å². The largest absolute Gasteiger partial charge is 0.497 e. The molecule has 1 rings (SSSR count). The lowest BCUT2D eigenvalue weighted by atomic mass is 10.1. The summed E-state index contributed by atoms with van der Waals surface area (Å²) in [6.07, 6.45) is 1.12. The summed E-state index contributed by atoms with van der Waals surface area (Å²) in [6.45, 7) is 6.59. The van der Waals surface area contributed by atoms with Crippen molar-refractivity contribution in [2.45, 2.75) is 33.2 Å². The molecule has 0 aliphatic carbocycles. The van der Waals surface area contributed by atoms with Gasteiger partial charge in [-0.25, -0.2) is 0 Å². The Balaban J connectivity index is 2.71. The third-order valence-corrected chi connectivity index (χ3v) is 2.73. The van der Waals surface area contributed by atoms with Gasteiger partial charge in [0.1, 0.15) is 5.75 Å². The van der Waals surface area contributed by atoms with Crippen molar-refractivity contribution >= 4 is 17.3 Å². The first kappa shape index (κ1) is 13.2. The Morgan fingerprint density at radius 1 is 1.31 bits per heavy atom. The topological polar surface area (TPSA) is 21.3 Å². The van der Waals surface area contributed by atoms with Crippen LogP contribution in [0.3, 0.4) is 0 Å². The average molecular weight is 242 g/mol. The molecule has 1 aromatic rings. The van der Waals surface area contributed by atoms with Crippen molar-refractivity contribution in [1.82, 2.24) is 0 Å². The maximum absolute atomic E-state index is 6.12. The minimum Gasteiger partial charge on any atom is -0.497 e. The average Bonchev–Trinajstić information content (AvgIpc) is 2.20. The number of nitrogens with one attached hydrogen (secondary N) is 1. The van der Waals surface area contributed by atoms with Gasteiger partial charge in [-0.2, -0.15) is 0 Å². The van der Waals surface area contributed by atoms with Gasteiger partial charge in [-0.15, -0.1) is 0 Å². The predicted octanol–water partition coefficient (Wildman–Crippen LogP) is 4.20. The van der Waals surface area contributed by atoms with Gasteiger partial charge < -0.3 is 10.1 Å². The first-order valence-corrected chi connectivity index (χ1v) is 6.00. The molecule has 0 aromatic heterocycles. The van der Waals surface area contributed by atoms with Crippen molar-refractivity contribution in [3.8, 4) is 5.75 Å². The molecule has 0 aliphatic rings. The third kappa shape index (κ3) is 3.93. The highest BCUT2D eigenvalue weighted by atomic mass is 35.5. The zero-order chi connectivity index (χ0) is 12.1. The lowest BCUT2D eigenvalue weighted by Gasteiger charge is -2.18. The standard InChI is InChI=1S/C13H20ClNO/c1-9(2)7-10(3)15-13-8-11(16-4)5-6-12(13)14/h5-6,8-10,15H,7H2,1-4H3. The monoisotopic (exact) mass is 241 g/mol. The number of hydrogen-bond acceptors (Lipinski definition) is 2. The van der Waals surface area contributed by atoms with Crippen molar-refractivity contribution in [2.75, 3.05) is 12.4 Å². The smallest absolute Gasteiger partial charge is 0.121 e. The molecule has 0 bridgehead atoms. The summed E-state index contributed by atoms with van der Waals surface area (Å²) in [7, 11) is 1.66. The summed E-state index contributed by atoms with van der Waals surface area (Å²) in [5.74, 6) is 1.50. The molecule has 16 heavy (non-hydrogen) atoms. The van der Waals surface area contributed by atoms with Gasteiger partial charge >= 0.3 is 0 Å². The summed E-state index contributed by atoms with van der Waals surface area (Å²) < 4.78 is 5.17. The van der Waals surface area contributed by atoms with Crippen molar-refractivity contribution in [1.29, 1.82) is 0 Å². The Hall–Kier alpha value is -0.890. The normalized spacial score (nSPS) is 12.6. The van der Waals surface area contributed by atoms with E-state index in [-0.39, 0.29) is 0 Å². The predicted molar refractivity (Wildman–Crippen MR) is 70.5 cm³/mol. The zero-order valence-corrected chi connectivity index (χ0v) is 11.1. The third-order valence-electron chi connectivity index (χ3n) is 2.40. The highest BCUT2D eigenvalue weighted by Gasteiger charge is 2.08. The molecule has 0 fully saturated rings. The van der Waals surface area contributed by atoms with Crippen LogP contribution in [0.25, 0.3) is 0 Å². The van der Waals surface area contributed by atoms with Gasteiger partial charge in [-0.3, -0.25) is 0 Å². The second-order valence-corrected chi connectivity index (χ2v) is 4.93. The van der Waals surface area contributed by atoms with Crippen molar-refractivity contribution in [2.24, 2.45) is 5.92 Å². The molecule has 0 saturated heterocycles. The molecular formula is C13H20ClNO. The van der Waals surface area contributed by atoms with Gasteiger partial charge in [-0.05, 0) is 31.4 Å². The minimum absolute atomic E-state index is 0.407. The Morgan fingerprint density at radius 3 is 2.56 bits per heavy atom. The van der Waals surface area contributed by atoms with Crippen LogP contribution < -0.4 is 10.1 Å². The first-order chi connectivity index (χ1) is 7.52. The summed E-state index contributed by atoms with van der Waals surface area (Å²) in [6, 6.07) is 6.05. The molecule has 3 heteroatoms. The second kappa shape index (κ2) is 6.00. The molecule has 0 amide bonds. The number of hydrogen-bond donors (Lipinski definition) is 1. The zero-order valence-electron chi connectivity index (χ0n) is 10.4. The first-order valence-electron chi connectivity index (χ1n) is 5.63. The summed E-state index contributed by atoms with van der Waals surface area (Å²) in [5, 5.41) is 4.14. The van der Waals surface area contributed by atoms with E-state index in [0.717, 1.165) is 22.9 Å². The van der Waals surface area contributed by atoms with E-state index in [1.807, 2.05) is 18.2 Å². The number of halogens is 1. The van der Waals surface area contributed by atoms with Crippen molar-refractivity contribution < 1.29 is 4.74 Å². The van der Waals surface area contributed by atoms with Crippen molar-refractivity contribution in [3.63, 3.8) is 0 Å². The fourth-order valence-electron chi connectivity index (χ4n) is 1.77. The molecule has 0 aliphatic heterocycles. The van der Waals surface area contributed by atoms with E-state index in [9.17, 15) is 0 Å². The molecule has 1 unspecified atom stereocenters. The van der Waals surface area contributed by atoms with Crippen LogP contribution >= 0.6 is 11.6 Å².